The highest BCUT2D eigenvalue weighted by molar-refractivity contribution is 5.91. The van der Waals surface area contributed by atoms with Crippen molar-refractivity contribution in [2.24, 2.45) is 0 Å². The van der Waals surface area contributed by atoms with Crippen molar-refractivity contribution in [1.29, 1.82) is 0 Å². The van der Waals surface area contributed by atoms with Gasteiger partial charge in [-0.1, -0.05) is 78.9 Å². The second kappa shape index (κ2) is 12.6. The minimum absolute atomic E-state index is 0.0856. The zero-order valence-electron chi connectivity index (χ0n) is 19.8. The first-order valence-corrected chi connectivity index (χ1v) is 11.9. The molecule has 0 radical (unpaired) electrons. The van der Waals surface area contributed by atoms with Crippen molar-refractivity contribution in [2.75, 3.05) is 18.4 Å². The Kier molecular flexibility index (Phi) is 8.76. The molecule has 0 aliphatic carbocycles. The summed E-state index contributed by atoms with van der Waals surface area (Å²) in [5, 5.41) is 13.7. The lowest BCUT2D eigenvalue weighted by atomic mass is 10.1. The predicted molar refractivity (Wildman–Crippen MR) is 140 cm³/mol. The Morgan fingerprint density at radius 3 is 2.23 bits per heavy atom. The van der Waals surface area contributed by atoms with Crippen LogP contribution in [0.1, 0.15) is 28.5 Å². The van der Waals surface area contributed by atoms with Crippen molar-refractivity contribution in [3.63, 3.8) is 0 Å². The molecule has 4 aromatic rings. The molecular formula is C30H31N3O2. The van der Waals surface area contributed by atoms with Gasteiger partial charge < -0.3 is 10.4 Å². The molecule has 178 valence electrons. The number of rotatable bonds is 11. The maximum atomic E-state index is 12.4. The summed E-state index contributed by atoms with van der Waals surface area (Å²) in [5.74, 6) is -0.0856. The first-order valence-electron chi connectivity index (χ1n) is 11.9. The van der Waals surface area contributed by atoms with Gasteiger partial charge in [-0.05, 0) is 47.4 Å². The number of carbonyl (C=O) groups excluding carboxylic acids is 1. The van der Waals surface area contributed by atoms with E-state index in [4.69, 9.17) is 0 Å². The summed E-state index contributed by atoms with van der Waals surface area (Å²) in [6.07, 6.45) is 2.23. The Balaban J connectivity index is 1.38. The molecule has 0 bridgehead atoms. The molecule has 0 aliphatic rings. The number of anilines is 1. The van der Waals surface area contributed by atoms with Crippen LogP contribution in [-0.4, -0.2) is 34.0 Å². The van der Waals surface area contributed by atoms with Crippen LogP contribution in [0.4, 0.5) is 5.69 Å². The first kappa shape index (κ1) is 24.3. The highest BCUT2D eigenvalue weighted by Gasteiger charge is 2.15. The smallest absolute Gasteiger partial charge is 0.230 e. The maximum Gasteiger partial charge on any atom is 0.230 e. The average Bonchev–Trinajstić information content (AvgIpc) is 2.89. The quantitative estimate of drug-likeness (QED) is 0.326. The van der Waals surface area contributed by atoms with E-state index in [2.05, 4.69) is 27.3 Å². The van der Waals surface area contributed by atoms with E-state index >= 15 is 0 Å². The average molecular weight is 466 g/mol. The minimum atomic E-state index is -0.561. The lowest BCUT2D eigenvalue weighted by Gasteiger charge is -2.25. The van der Waals surface area contributed by atoms with Crippen LogP contribution >= 0.6 is 0 Å². The minimum Gasteiger partial charge on any atom is -0.387 e. The van der Waals surface area contributed by atoms with Crippen molar-refractivity contribution in [1.82, 2.24) is 9.88 Å². The molecule has 0 aliphatic heterocycles. The number of amides is 1. The number of pyridine rings is 1. The fourth-order valence-corrected chi connectivity index (χ4v) is 4.06. The topological polar surface area (TPSA) is 65.5 Å². The molecule has 2 N–H and O–H groups in total. The van der Waals surface area contributed by atoms with Gasteiger partial charge in [-0.25, -0.2) is 0 Å². The van der Waals surface area contributed by atoms with Crippen molar-refractivity contribution in [3.8, 4) is 0 Å². The van der Waals surface area contributed by atoms with Gasteiger partial charge in [0.05, 0.1) is 12.5 Å². The fraction of sp³-hybridized carbons (Fsp3) is 0.200. The highest BCUT2D eigenvalue weighted by Crippen LogP contribution is 2.17. The SMILES string of the molecule is O=C(Cc1cc(CCN(Cc2ccccc2)CC(O)c2ccccc2)ccn1)Nc1ccccc1. The van der Waals surface area contributed by atoms with Crippen LogP contribution < -0.4 is 5.32 Å². The molecule has 0 spiro atoms. The summed E-state index contributed by atoms with van der Waals surface area (Å²) >= 11 is 0. The molecule has 1 amide bonds. The lowest BCUT2D eigenvalue weighted by molar-refractivity contribution is -0.115. The van der Waals surface area contributed by atoms with Gasteiger partial charge in [-0.3, -0.25) is 14.7 Å². The zero-order valence-corrected chi connectivity index (χ0v) is 19.8. The van der Waals surface area contributed by atoms with E-state index in [9.17, 15) is 9.90 Å². The van der Waals surface area contributed by atoms with Crippen LogP contribution in [0.3, 0.4) is 0 Å². The Labute approximate surface area is 207 Å². The van der Waals surface area contributed by atoms with Crippen molar-refractivity contribution in [3.05, 3.63) is 132 Å². The summed E-state index contributed by atoms with van der Waals surface area (Å²) in [7, 11) is 0. The summed E-state index contributed by atoms with van der Waals surface area (Å²) in [6.45, 7) is 2.07. The molecule has 5 heteroatoms. The van der Waals surface area contributed by atoms with Gasteiger partial charge >= 0.3 is 0 Å². The van der Waals surface area contributed by atoms with E-state index in [-0.39, 0.29) is 12.3 Å². The van der Waals surface area contributed by atoms with Crippen LogP contribution in [0.2, 0.25) is 0 Å². The van der Waals surface area contributed by atoms with Gasteiger partial charge in [0.1, 0.15) is 0 Å². The molecule has 35 heavy (non-hydrogen) atoms. The number of benzene rings is 3. The third-order valence-corrected chi connectivity index (χ3v) is 5.86. The predicted octanol–water partition coefficient (Wildman–Crippen LogP) is 5.04. The van der Waals surface area contributed by atoms with E-state index in [1.54, 1.807) is 6.20 Å². The van der Waals surface area contributed by atoms with Gasteiger partial charge in [0.25, 0.3) is 0 Å². The molecule has 3 aromatic carbocycles. The van der Waals surface area contributed by atoms with Crippen molar-refractivity contribution < 1.29 is 9.90 Å². The Hall–Kier alpha value is -3.80. The molecule has 4 rings (SSSR count). The van der Waals surface area contributed by atoms with Gasteiger partial charge in [-0.2, -0.15) is 0 Å². The van der Waals surface area contributed by atoms with Gasteiger partial charge in [0.15, 0.2) is 0 Å². The van der Waals surface area contributed by atoms with E-state index in [0.29, 0.717) is 6.54 Å². The van der Waals surface area contributed by atoms with Gasteiger partial charge in [-0.15, -0.1) is 0 Å². The summed E-state index contributed by atoms with van der Waals surface area (Å²) in [4.78, 5) is 19.1. The summed E-state index contributed by atoms with van der Waals surface area (Å²) < 4.78 is 0. The molecule has 5 nitrogen and oxygen atoms in total. The van der Waals surface area contributed by atoms with E-state index in [1.165, 1.54) is 5.56 Å². The van der Waals surface area contributed by atoms with E-state index < -0.39 is 6.10 Å². The number of carbonyl (C=O) groups is 1. The summed E-state index contributed by atoms with van der Waals surface area (Å²) in [5.41, 5.74) is 4.77. The molecular weight excluding hydrogens is 434 g/mol. The number of nitrogens with zero attached hydrogens (tertiary/aromatic N) is 2. The third-order valence-electron chi connectivity index (χ3n) is 5.86. The lowest BCUT2D eigenvalue weighted by Crippen LogP contribution is -2.30. The normalized spacial score (nSPS) is 11.8. The number of aliphatic hydroxyl groups is 1. The van der Waals surface area contributed by atoms with Crippen LogP contribution in [0.25, 0.3) is 0 Å². The molecule has 1 heterocycles. The first-order chi connectivity index (χ1) is 17.2. The number of aliphatic hydroxyl groups excluding tert-OH is 1. The maximum absolute atomic E-state index is 12.4. The van der Waals surface area contributed by atoms with E-state index in [1.807, 2.05) is 91.0 Å². The highest BCUT2D eigenvalue weighted by atomic mass is 16.3. The second-order valence-electron chi connectivity index (χ2n) is 8.64. The monoisotopic (exact) mass is 465 g/mol. The van der Waals surface area contributed by atoms with Crippen molar-refractivity contribution in [2.45, 2.75) is 25.5 Å². The van der Waals surface area contributed by atoms with Gasteiger partial charge in [0.2, 0.25) is 5.91 Å². The number of aromatic nitrogens is 1. The molecule has 1 unspecified atom stereocenters. The Morgan fingerprint density at radius 1 is 0.857 bits per heavy atom. The summed E-state index contributed by atoms with van der Waals surface area (Å²) in [6, 6.07) is 33.5. The van der Waals surface area contributed by atoms with Crippen LogP contribution in [-0.2, 0) is 24.2 Å². The fourth-order valence-electron chi connectivity index (χ4n) is 4.06. The molecule has 0 fully saturated rings. The van der Waals surface area contributed by atoms with Crippen molar-refractivity contribution >= 4 is 11.6 Å². The molecule has 1 atom stereocenters. The standard InChI is InChI=1S/C30H31N3O2/c34-29(26-12-6-2-7-13-26)23-33(22-25-10-4-1-5-11-25)19-17-24-16-18-31-28(20-24)21-30(35)32-27-14-8-3-9-15-27/h1-16,18,20,29,34H,17,19,21-23H2,(H,32,35). The zero-order chi connectivity index (χ0) is 24.3. The number of hydrogen-bond acceptors (Lipinski definition) is 4. The molecule has 1 aromatic heterocycles. The molecule has 0 saturated heterocycles. The third kappa shape index (κ3) is 7.88. The molecule has 0 saturated carbocycles. The number of para-hydroxylation sites is 1. The second-order valence-corrected chi connectivity index (χ2v) is 8.64. The number of hydrogen-bond donors (Lipinski definition) is 2. The Morgan fingerprint density at radius 2 is 1.51 bits per heavy atom. The Bertz CT molecular complexity index is 1180. The largest absolute Gasteiger partial charge is 0.387 e. The van der Waals surface area contributed by atoms with Gasteiger partial charge in [0, 0.05) is 37.2 Å². The van der Waals surface area contributed by atoms with Crippen LogP contribution in [0.5, 0.6) is 0 Å². The van der Waals surface area contributed by atoms with E-state index in [0.717, 1.165) is 42.0 Å². The number of nitrogens with one attached hydrogen (secondary N) is 1. The van der Waals surface area contributed by atoms with Crippen LogP contribution in [0.15, 0.2) is 109 Å². The van der Waals surface area contributed by atoms with Crippen LogP contribution in [0, 0.1) is 0 Å².